The highest BCUT2D eigenvalue weighted by molar-refractivity contribution is 6.29. The summed E-state index contributed by atoms with van der Waals surface area (Å²) < 4.78 is 0. The van der Waals surface area contributed by atoms with Crippen LogP contribution in [0.3, 0.4) is 0 Å². The first-order valence-corrected chi connectivity index (χ1v) is 18.8. The maximum atomic E-state index is 2.43. The first-order valence-electron chi connectivity index (χ1n) is 18.8. The van der Waals surface area contributed by atoms with Crippen LogP contribution in [0.2, 0.25) is 0 Å². The first-order chi connectivity index (χ1) is 26.7. The Morgan fingerprint density at radius 2 is 0.333 bits per heavy atom. The van der Waals surface area contributed by atoms with Gasteiger partial charge in [0.15, 0.2) is 0 Å². The van der Waals surface area contributed by atoms with Crippen molar-refractivity contribution >= 4 is 118 Å². The molecule has 14 bridgehead atoms. The molecule has 12 aromatic carbocycles. The van der Waals surface area contributed by atoms with E-state index in [-0.39, 0.29) is 0 Å². The van der Waals surface area contributed by atoms with Crippen molar-refractivity contribution in [3.05, 3.63) is 194 Å². The zero-order chi connectivity index (χ0) is 35.3. The number of hydrogen-bond acceptors (Lipinski definition) is 0. The fraction of sp³-hybridized carbons (Fsp3) is 0. The number of hydrogen-bond donors (Lipinski definition) is 0. The molecule has 0 aliphatic heterocycles. The van der Waals surface area contributed by atoms with E-state index in [1.165, 1.54) is 118 Å². The van der Waals surface area contributed by atoms with Gasteiger partial charge in [0.25, 0.3) is 0 Å². The molecule has 248 valence electrons. The van der Waals surface area contributed by atoms with Gasteiger partial charge in [0, 0.05) is 0 Å². The second-order valence-corrected chi connectivity index (χ2v) is 14.9. The molecule has 0 N–H and O–H groups in total. The fourth-order valence-electron chi connectivity index (χ4n) is 9.27. The molecular weight excluding hydrogens is 649 g/mol. The van der Waals surface area contributed by atoms with Crippen molar-refractivity contribution in [3.63, 3.8) is 0 Å². The molecule has 0 atom stereocenters. The number of rotatable bonds is 0. The summed E-state index contributed by atoms with van der Waals surface area (Å²) in [6.07, 6.45) is 0. The van der Waals surface area contributed by atoms with Gasteiger partial charge in [0.2, 0.25) is 0 Å². The van der Waals surface area contributed by atoms with Crippen LogP contribution in [-0.4, -0.2) is 0 Å². The van der Waals surface area contributed by atoms with Crippen LogP contribution >= 0.6 is 0 Å². The highest BCUT2D eigenvalue weighted by Crippen LogP contribution is 2.40. The molecule has 0 aliphatic carbocycles. The summed E-state index contributed by atoms with van der Waals surface area (Å²) in [5.74, 6) is 0. The Kier molecular flexibility index (Phi) is 6.15. The van der Waals surface area contributed by atoms with Gasteiger partial charge in [0.1, 0.15) is 0 Å². The summed E-state index contributed by atoms with van der Waals surface area (Å²) in [5.41, 5.74) is 0. The van der Waals surface area contributed by atoms with Gasteiger partial charge in [-0.25, -0.2) is 0 Å². The lowest BCUT2D eigenvalue weighted by Gasteiger charge is -2.13. The monoisotopic (exact) mass is 680 g/mol. The zero-order valence-corrected chi connectivity index (χ0v) is 29.5. The van der Waals surface area contributed by atoms with E-state index in [2.05, 4.69) is 194 Å². The summed E-state index contributed by atoms with van der Waals surface area (Å²) in [7, 11) is 0. The molecule has 0 aliphatic rings. The summed E-state index contributed by atoms with van der Waals surface area (Å²) >= 11 is 0. The molecule has 0 aromatic heterocycles. The molecule has 0 spiro atoms. The van der Waals surface area contributed by atoms with Gasteiger partial charge < -0.3 is 0 Å². The Morgan fingerprint density at radius 1 is 0.130 bits per heavy atom. The van der Waals surface area contributed by atoms with Crippen LogP contribution in [0.1, 0.15) is 0 Å². The summed E-state index contributed by atoms with van der Waals surface area (Å²) in [5, 5.41) is 27.6. The van der Waals surface area contributed by atoms with E-state index in [4.69, 9.17) is 0 Å². The smallest absolute Gasteiger partial charge is 0.00926 e. The number of fused-ring (bicyclic) bond motifs is 21. The van der Waals surface area contributed by atoms with Gasteiger partial charge in [0.05, 0.1) is 0 Å². The highest BCUT2D eigenvalue weighted by atomic mass is 14.2. The van der Waals surface area contributed by atoms with E-state index in [0.29, 0.717) is 0 Å². The lowest BCUT2D eigenvalue weighted by molar-refractivity contribution is 1.79. The van der Waals surface area contributed by atoms with Crippen LogP contribution in [0, 0.1) is 0 Å². The molecule has 0 heterocycles. The van der Waals surface area contributed by atoms with E-state index >= 15 is 0 Å². The molecule has 12 rings (SSSR count). The molecule has 0 amide bonds. The van der Waals surface area contributed by atoms with Crippen LogP contribution in [0.15, 0.2) is 194 Å². The van der Waals surface area contributed by atoms with Crippen molar-refractivity contribution in [1.29, 1.82) is 0 Å². The lowest BCUT2D eigenvalue weighted by Crippen LogP contribution is -1.85. The molecule has 0 unspecified atom stereocenters. The second kappa shape index (κ2) is 11.2. The van der Waals surface area contributed by atoms with Gasteiger partial charge in [-0.3, -0.25) is 0 Å². The van der Waals surface area contributed by atoms with E-state index in [0.717, 1.165) is 0 Å². The van der Waals surface area contributed by atoms with Crippen molar-refractivity contribution in [3.8, 4) is 0 Å². The molecule has 0 saturated heterocycles. The fourth-order valence-corrected chi connectivity index (χ4v) is 9.27. The van der Waals surface area contributed by atoms with Gasteiger partial charge in [-0.15, -0.1) is 0 Å². The molecule has 0 fully saturated rings. The third kappa shape index (κ3) is 4.38. The number of benzene rings is 11. The molecule has 54 heavy (non-hydrogen) atoms. The Balaban J connectivity index is 1.32. The summed E-state index contributed by atoms with van der Waals surface area (Å²) in [6, 6.07) is 73.1. The van der Waals surface area contributed by atoms with Gasteiger partial charge in [-0.2, -0.15) is 0 Å². The van der Waals surface area contributed by atoms with Crippen LogP contribution < -0.4 is 0 Å². The minimum atomic E-state index is 1.21. The van der Waals surface area contributed by atoms with Crippen LogP contribution in [0.5, 0.6) is 0 Å². The van der Waals surface area contributed by atoms with Gasteiger partial charge in [-0.1, -0.05) is 152 Å². The average Bonchev–Trinajstić information content (AvgIpc) is 3.25. The normalized spacial score (nSPS) is 12.1. The highest BCUT2D eigenvalue weighted by Gasteiger charge is 2.12. The maximum Gasteiger partial charge on any atom is -0.00926 e. The SMILES string of the molecule is c1cc2cc(c1)c1cccc(c1)c1ccc3c4ccccc4c4ccc(cc4c3c1)c1ccc3c4ccccc4c4ccc(cc4c3c1)c1cccc2c1. The van der Waals surface area contributed by atoms with E-state index in [9.17, 15) is 0 Å². The summed E-state index contributed by atoms with van der Waals surface area (Å²) in [4.78, 5) is 0. The summed E-state index contributed by atoms with van der Waals surface area (Å²) in [6.45, 7) is 0. The van der Waals surface area contributed by atoms with Crippen molar-refractivity contribution in [2.24, 2.45) is 0 Å². The second-order valence-electron chi connectivity index (χ2n) is 14.9. The van der Waals surface area contributed by atoms with Crippen molar-refractivity contribution < 1.29 is 0 Å². The van der Waals surface area contributed by atoms with Crippen LogP contribution in [0.4, 0.5) is 0 Å². The van der Waals surface area contributed by atoms with Crippen LogP contribution in [0.25, 0.3) is 118 Å². The molecule has 0 heteroatoms. The molecule has 0 nitrogen and oxygen atoms in total. The Labute approximate surface area is 311 Å². The third-order valence-corrected chi connectivity index (χ3v) is 11.9. The topological polar surface area (TPSA) is 0 Å². The molecule has 12 aromatic rings. The predicted molar refractivity (Wildman–Crippen MR) is 237 cm³/mol. The Morgan fingerprint density at radius 3 is 0.574 bits per heavy atom. The molecular formula is C54H32. The maximum absolute atomic E-state index is 2.43. The first kappa shape index (κ1) is 29.5. The quantitative estimate of drug-likeness (QED) is 0.140. The molecule has 0 radical (unpaired) electrons. The third-order valence-electron chi connectivity index (χ3n) is 11.9. The van der Waals surface area contributed by atoms with Gasteiger partial charge >= 0.3 is 0 Å². The predicted octanol–water partition coefficient (Wildman–Crippen LogP) is 15.5. The lowest BCUT2D eigenvalue weighted by atomic mass is 9.91. The van der Waals surface area contributed by atoms with Crippen molar-refractivity contribution in [2.45, 2.75) is 0 Å². The minimum Gasteiger partial charge on any atom is -0.0616 e. The van der Waals surface area contributed by atoms with Gasteiger partial charge in [-0.05, 0) is 161 Å². The minimum absolute atomic E-state index is 1.21. The van der Waals surface area contributed by atoms with E-state index < -0.39 is 0 Å². The van der Waals surface area contributed by atoms with Crippen molar-refractivity contribution in [1.82, 2.24) is 0 Å². The largest absolute Gasteiger partial charge is 0.0616 e. The Bertz CT molecular complexity index is 3420. The van der Waals surface area contributed by atoms with Crippen molar-refractivity contribution in [2.75, 3.05) is 0 Å². The van der Waals surface area contributed by atoms with E-state index in [1.807, 2.05) is 0 Å². The molecule has 0 saturated carbocycles. The standard InChI is InChI=1S/C54H32/c1-3-16-45-43(14-1)47-22-18-39-29-51(47)53-31-41(20-24-49(45)53)42-21-25-50-46-17-4-2-15-44(46)48-23-19-40(30-52(48)54(50)32-42)38-13-7-11-36(28-38)34-9-5-8-33(26-34)35-10-6-12-37(39)27-35/h1-32H. The zero-order valence-electron chi connectivity index (χ0n) is 29.5. The van der Waals surface area contributed by atoms with Crippen LogP contribution in [-0.2, 0) is 0 Å². The average molecular weight is 681 g/mol. The Hall–Kier alpha value is -7.02. The van der Waals surface area contributed by atoms with E-state index in [1.54, 1.807) is 0 Å².